The molecule has 3 fully saturated rings. The van der Waals surface area contributed by atoms with Crippen LogP contribution in [0.2, 0.25) is 0 Å². The Bertz CT molecular complexity index is 392. The molecule has 0 aromatic carbocycles. The Hall–Kier alpha value is 0.0600. The van der Waals surface area contributed by atoms with Gasteiger partial charge in [0.05, 0.1) is 10.8 Å². The summed E-state index contributed by atoms with van der Waals surface area (Å²) in [5.41, 5.74) is -1.09. The summed E-state index contributed by atoms with van der Waals surface area (Å²) >= 11 is 7.28. The molecule has 3 aliphatic rings. The van der Waals surface area contributed by atoms with E-state index in [1.54, 1.807) is 0 Å². The SMILES string of the molecule is NN1C(=O)C23CCCCC2(CC(Br)C(Br)C3)C1=O. The maximum absolute atomic E-state index is 12.5. The molecule has 2 aliphatic carbocycles. The van der Waals surface area contributed by atoms with E-state index in [2.05, 4.69) is 31.9 Å². The molecular formula is C12H16Br2N2O2. The van der Waals surface area contributed by atoms with Crippen molar-refractivity contribution >= 4 is 43.7 Å². The normalized spacial score (nSPS) is 48.1. The summed E-state index contributed by atoms with van der Waals surface area (Å²) in [4.78, 5) is 25.5. The van der Waals surface area contributed by atoms with Crippen molar-refractivity contribution in [3.8, 4) is 0 Å². The van der Waals surface area contributed by atoms with Crippen molar-refractivity contribution in [2.45, 2.75) is 48.2 Å². The Morgan fingerprint density at radius 2 is 1.39 bits per heavy atom. The van der Waals surface area contributed by atoms with Crippen LogP contribution < -0.4 is 5.84 Å². The zero-order valence-corrected chi connectivity index (χ0v) is 13.2. The molecule has 2 amide bonds. The summed E-state index contributed by atoms with van der Waals surface area (Å²) in [5.74, 6) is 5.41. The molecule has 2 saturated carbocycles. The maximum atomic E-state index is 12.5. The predicted octanol–water partition coefficient (Wildman–Crippen LogP) is 2.10. The smallest absolute Gasteiger partial charge is 0.250 e. The van der Waals surface area contributed by atoms with Crippen LogP contribution in [0.25, 0.3) is 0 Å². The van der Waals surface area contributed by atoms with E-state index in [4.69, 9.17) is 5.84 Å². The predicted molar refractivity (Wildman–Crippen MR) is 74.0 cm³/mol. The lowest BCUT2D eigenvalue weighted by Crippen LogP contribution is -2.54. The van der Waals surface area contributed by atoms with E-state index in [0.29, 0.717) is 12.8 Å². The van der Waals surface area contributed by atoms with Crippen molar-refractivity contribution < 1.29 is 9.59 Å². The number of hydrogen-bond acceptors (Lipinski definition) is 3. The third-order valence-electron chi connectivity index (χ3n) is 5.11. The lowest BCUT2D eigenvalue weighted by molar-refractivity contribution is -0.143. The molecule has 0 aromatic rings. The molecule has 3 rings (SSSR count). The number of carbonyl (C=O) groups is 2. The molecule has 0 radical (unpaired) electrons. The summed E-state index contributed by atoms with van der Waals surface area (Å²) < 4.78 is 0. The van der Waals surface area contributed by atoms with Gasteiger partial charge in [-0.15, -0.1) is 0 Å². The molecule has 6 heteroatoms. The highest BCUT2D eigenvalue weighted by Crippen LogP contribution is 2.65. The van der Waals surface area contributed by atoms with E-state index in [1.165, 1.54) is 0 Å². The van der Waals surface area contributed by atoms with Gasteiger partial charge in [-0.25, -0.2) is 10.9 Å². The fraction of sp³-hybridized carbons (Fsp3) is 0.833. The van der Waals surface area contributed by atoms with Crippen molar-refractivity contribution in [2.75, 3.05) is 0 Å². The fourth-order valence-electron chi connectivity index (χ4n) is 4.20. The second-order valence-corrected chi connectivity index (χ2v) is 8.14. The van der Waals surface area contributed by atoms with E-state index in [-0.39, 0.29) is 21.5 Å². The minimum Gasteiger partial charge on any atom is -0.272 e. The van der Waals surface area contributed by atoms with E-state index in [0.717, 1.165) is 30.7 Å². The van der Waals surface area contributed by atoms with Gasteiger partial charge >= 0.3 is 0 Å². The quantitative estimate of drug-likeness (QED) is 0.303. The van der Waals surface area contributed by atoms with Crippen molar-refractivity contribution in [3.05, 3.63) is 0 Å². The summed E-state index contributed by atoms with van der Waals surface area (Å²) in [5, 5.41) is 0.899. The van der Waals surface area contributed by atoms with Crippen LogP contribution in [0.15, 0.2) is 0 Å². The first kappa shape index (κ1) is 13.1. The monoisotopic (exact) mass is 378 g/mol. The Morgan fingerprint density at radius 3 is 1.78 bits per heavy atom. The number of nitrogens with two attached hydrogens (primary N) is 1. The summed E-state index contributed by atoms with van der Waals surface area (Å²) in [6.07, 6.45) is 5.05. The summed E-state index contributed by atoms with van der Waals surface area (Å²) in [6.45, 7) is 0. The molecule has 2 N–H and O–H groups in total. The molecular weight excluding hydrogens is 364 g/mol. The summed E-state index contributed by atoms with van der Waals surface area (Å²) in [6, 6.07) is 0. The van der Waals surface area contributed by atoms with Crippen molar-refractivity contribution in [1.29, 1.82) is 0 Å². The molecule has 4 atom stereocenters. The average molecular weight is 380 g/mol. The van der Waals surface area contributed by atoms with Crippen LogP contribution in [0.5, 0.6) is 0 Å². The number of carbonyl (C=O) groups excluding carboxylic acids is 2. The highest BCUT2D eigenvalue weighted by Gasteiger charge is 2.71. The van der Waals surface area contributed by atoms with Gasteiger partial charge in [0.1, 0.15) is 0 Å². The first-order valence-electron chi connectivity index (χ1n) is 6.36. The second-order valence-electron chi connectivity index (χ2n) is 5.79. The summed E-state index contributed by atoms with van der Waals surface area (Å²) in [7, 11) is 0. The standard InChI is InChI=1S/C12H16Br2N2O2/c13-7-5-11-3-1-2-4-12(11,6-8(7)14)10(18)16(15)9(11)17/h7-8H,1-6,15H2. The molecule has 0 spiro atoms. The molecule has 1 saturated heterocycles. The first-order valence-corrected chi connectivity index (χ1v) is 8.20. The number of hydrazine groups is 1. The Morgan fingerprint density at radius 1 is 1.00 bits per heavy atom. The molecule has 0 aromatic heterocycles. The maximum Gasteiger partial charge on any atom is 0.250 e. The van der Waals surface area contributed by atoms with Crippen molar-refractivity contribution in [2.24, 2.45) is 16.7 Å². The minimum absolute atomic E-state index is 0.156. The number of alkyl halides is 2. The average Bonchev–Trinajstić information content (AvgIpc) is 2.51. The third kappa shape index (κ3) is 1.34. The van der Waals surface area contributed by atoms with E-state index in [1.807, 2.05) is 0 Å². The first-order chi connectivity index (χ1) is 8.44. The van der Waals surface area contributed by atoms with Gasteiger partial charge in [-0.3, -0.25) is 9.59 Å². The highest BCUT2D eigenvalue weighted by atomic mass is 79.9. The third-order valence-corrected chi connectivity index (χ3v) is 7.74. The molecule has 4 unspecified atom stereocenters. The van der Waals surface area contributed by atoms with Crippen LogP contribution in [-0.4, -0.2) is 26.5 Å². The van der Waals surface area contributed by atoms with Crippen molar-refractivity contribution in [3.63, 3.8) is 0 Å². The lowest BCUT2D eigenvalue weighted by Gasteiger charge is -2.51. The molecule has 1 aliphatic heterocycles. The van der Waals surface area contributed by atoms with Gasteiger partial charge < -0.3 is 0 Å². The lowest BCUT2D eigenvalue weighted by atomic mass is 9.51. The highest BCUT2D eigenvalue weighted by molar-refractivity contribution is 9.12. The van der Waals surface area contributed by atoms with Gasteiger partial charge in [-0.05, 0) is 25.7 Å². The molecule has 4 nitrogen and oxygen atoms in total. The Balaban J connectivity index is 2.14. The zero-order chi connectivity index (χ0) is 13.1. The van der Waals surface area contributed by atoms with Crippen LogP contribution in [0.4, 0.5) is 0 Å². The van der Waals surface area contributed by atoms with Crippen LogP contribution >= 0.6 is 31.9 Å². The molecule has 18 heavy (non-hydrogen) atoms. The van der Waals surface area contributed by atoms with Crippen LogP contribution in [0.3, 0.4) is 0 Å². The second kappa shape index (κ2) is 4.03. The Labute approximate surface area is 123 Å². The largest absolute Gasteiger partial charge is 0.272 e. The minimum atomic E-state index is -0.546. The van der Waals surface area contributed by atoms with E-state index < -0.39 is 10.8 Å². The number of amides is 2. The van der Waals surface area contributed by atoms with Gasteiger partial charge in [-0.2, -0.15) is 0 Å². The van der Waals surface area contributed by atoms with Crippen LogP contribution in [0.1, 0.15) is 38.5 Å². The van der Waals surface area contributed by atoms with Crippen molar-refractivity contribution in [1.82, 2.24) is 5.01 Å². The topological polar surface area (TPSA) is 63.4 Å². The molecule has 1 heterocycles. The van der Waals surface area contributed by atoms with Gasteiger partial charge in [-0.1, -0.05) is 44.7 Å². The number of hydrogen-bond donors (Lipinski definition) is 1. The van der Waals surface area contributed by atoms with E-state index >= 15 is 0 Å². The van der Waals surface area contributed by atoms with Gasteiger partial charge in [0.25, 0.3) is 11.8 Å². The molecule has 100 valence electrons. The number of imide groups is 1. The van der Waals surface area contributed by atoms with E-state index in [9.17, 15) is 9.59 Å². The number of rotatable bonds is 0. The molecule has 0 bridgehead atoms. The van der Waals surface area contributed by atoms with Gasteiger partial charge in [0.15, 0.2) is 0 Å². The van der Waals surface area contributed by atoms with Gasteiger partial charge in [0.2, 0.25) is 0 Å². The van der Waals surface area contributed by atoms with Crippen LogP contribution in [0, 0.1) is 10.8 Å². The zero-order valence-electron chi connectivity index (χ0n) is 9.99. The Kier molecular flexibility index (Phi) is 2.92. The number of halogens is 2. The van der Waals surface area contributed by atoms with Crippen LogP contribution in [-0.2, 0) is 9.59 Å². The fourth-order valence-corrected chi connectivity index (χ4v) is 5.68. The van der Waals surface area contributed by atoms with Gasteiger partial charge in [0, 0.05) is 9.65 Å². The number of nitrogens with zero attached hydrogens (tertiary/aromatic N) is 1.